The molecule has 1 aromatic heterocycles. The highest BCUT2D eigenvalue weighted by Crippen LogP contribution is 2.42. The van der Waals surface area contributed by atoms with Crippen molar-refractivity contribution in [3.63, 3.8) is 0 Å². The lowest BCUT2D eigenvalue weighted by molar-refractivity contribution is -0.142. The minimum Gasteiger partial charge on any atom is -0.508 e. The van der Waals surface area contributed by atoms with E-state index < -0.39 is 149 Å². The van der Waals surface area contributed by atoms with Gasteiger partial charge in [-0.05, 0) is 34.5 Å². The van der Waals surface area contributed by atoms with Crippen molar-refractivity contribution in [2.24, 2.45) is 71.6 Å². The van der Waals surface area contributed by atoms with Gasteiger partial charge in [-0.3, -0.25) is 28.8 Å². The molecule has 34 heteroatoms. The fourth-order valence-corrected chi connectivity index (χ4v) is 7.20. The molecule has 0 aliphatic rings. The largest absolute Gasteiger partial charge is 0.508 e. The Bertz CT molecular complexity index is 3220. The zero-order chi connectivity index (χ0) is 58.0. The quantitative estimate of drug-likeness (QED) is 0.0157. The number of aliphatic imine (C=N–C) groups is 4. The number of amides is 6. The SMILES string of the molecule is NC(=O)C(N=C(N)N)NC(=O)C(N=C(N)N)NC(=O)C(N=C(N)N)NC(=O)C(N=C(N)N)NC(=O)C(NC(=O)C(O)N(Cc1c(O)ccc2ccccc12)c1cc(C(F)(F)F)nc2c(C(F)(F)F)cccc12)c1ccccc1. The van der Waals surface area contributed by atoms with Crippen LogP contribution in [0.5, 0.6) is 5.75 Å². The molecule has 1 heterocycles. The van der Waals surface area contributed by atoms with Crippen molar-refractivity contribution < 1.29 is 65.3 Å². The first-order chi connectivity index (χ1) is 36.5. The number of para-hydroxylation sites is 1. The Labute approximate surface area is 434 Å². The van der Waals surface area contributed by atoms with Crippen LogP contribution in [-0.4, -0.2) is 105 Å². The van der Waals surface area contributed by atoms with Gasteiger partial charge in [0.1, 0.15) is 17.5 Å². The number of nitrogens with two attached hydrogens (primary N) is 9. The van der Waals surface area contributed by atoms with Crippen molar-refractivity contribution in [1.29, 1.82) is 0 Å². The van der Waals surface area contributed by atoms with Gasteiger partial charge in [-0.2, -0.15) is 26.3 Å². The van der Waals surface area contributed by atoms with Gasteiger partial charge in [0.05, 0.1) is 23.3 Å². The molecule has 28 nitrogen and oxygen atoms in total. The molecule has 5 aromatic rings. The third-order valence-electron chi connectivity index (χ3n) is 10.5. The van der Waals surface area contributed by atoms with Crippen molar-refractivity contribution >= 4 is 86.6 Å². The third-order valence-corrected chi connectivity index (χ3v) is 10.5. The molecule has 6 unspecified atom stereocenters. The highest BCUT2D eigenvalue weighted by Gasteiger charge is 2.40. The van der Waals surface area contributed by atoms with Crippen LogP contribution in [0.3, 0.4) is 0 Å². The first-order valence-corrected chi connectivity index (χ1v) is 21.9. The number of pyridine rings is 1. The van der Waals surface area contributed by atoms with Crippen LogP contribution in [-0.2, 0) is 47.7 Å². The van der Waals surface area contributed by atoms with Gasteiger partial charge in [-0.15, -0.1) is 0 Å². The van der Waals surface area contributed by atoms with Crippen molar-refractivity contribution in [2.45, 2.75) is 55.8 Å². The molecule has 0 aliphatic heterocycles. The summed E-state index contributed by atoms with van der Waals surface area (Å²) in [5.74, 6) is -12.7. The van der Waals surface area contributed by atoms with Crippen LogP contribution in [0.4, 0.5) is 32.0 Å². The molecule has 0 saturated carbocycles. The first kappa shape index (κ1) is 58.5. The van der Waals surface area contributed by atoms with E-state index in [1.54, 1.807) is 12.1 Å². The van der Waals surface area contributed by atoms with E-state index in [2.05, 4.69) is 35.6 Å². The molecule has 6 atom stereocenters. The van der Waals surface area contributed by atoms with Crippen LogP contribution in [0.15, 0.2) is 111 Å². The van der Waals surface area contributed by atoms with E-state index >= 15 is 0 Å². The second-order valence-corrected chi connectivity index (χ2v) is 16.1. The number of fused-ring (bicyclic) bond motifs is 2. The zero-order valence-electron chi connectivity index (χ0n) is 39.8. The first-order valence-electron chi connectivity index (χ1n) is 21.9. The van der Waals surface area contributed by atoms with Crippen molar-refractivity contribution in [3.8, 4) is 5.75 Å². The molecule has 0 spiro atoms. The molecule has 25 N–H and O–H groups in total. The van der Waals surface area contributed by atoms with Crippen LogP contribution >= 0.6 is 0 Å². The molecule has 414 valence electrons. The lowest BCUT2D eigenvalue weighted by Gasteiger charge is -2.32. The zero-order valence-corrected chi connectivity index (χ0v) is 39.8. The molecule has 0 saturated heterocycles. The van der Waals surface area contributed by atoms with Gasteiger partial charge in [-0.1, -0.05) is 72.8 Å². The maximum absolute atomic E-state index is 14.6. The van der Waals surface area contributed by atoms with Crippen molar-refractivity contribution in [1.82, 2.24) is 31.6 Å². The van der Waals surface area contributed by atoms with Gasteiger partial charge < -0.3 is 93.3 Å². The molecule has 0 bridgehead atoms. The number of aliphatic hydroxyl groups is 1. The van der Waals surface area contributed by atoms with E-state index in [0.29, 0.717) is 16.4 Å². The average Bonchev–Trinajstić information content (AvgIpc) is 3.36. The minimum atomic E-state index is -5.43. The maximum atomic E-state index is 14.6. The number of halogens is 6. The summed E-state index contributed by atoms with van der Waals surface area (Å²) in [6.07, 6.45) is -22.2. The highest BCUT2D eigenvalue weighted by atomic mass is 19.4. The van der Waals surface area contributed by atoms with E-state index in [1.165, 1.54) is 54.6 Å². The average molecular weight is 1100 g/mol. The van der Waals surface area contributed by atoms with E-state index in [0.717, 1.165) is 12.1 Å². The number of rotatable bonds is 20. The molecule has 0 fully saturated rings. The number of alkyl halides is 6. The van der Waals surface area contributed by atoms with E-state index in [4.69, 9.17) is 51.6 Å². The number of phenolic OH excluding ortho intramolecular Hbond substituents is 1. The number of carbonyl (C=O) groups excluding carboxylic acids is 6. The molecule has 4 aromatic carbocycles. The summed E-state index contributed by atoms with van der Waals surface area (Å²) in [6, 6.07) is 15.9. The second kappa shape index (κ2) is 24.3. The normalized spacial score (nSPS) is 13.6. The van der Waals surface area contributed by atoms with Gasteiger partial charge in [0.25, 0.3) is 29.5 Å². The number of aliphatic hydroxyl groups excluding tert-OH is 1. The Morgan fingerprint density at radius 3 is 1.53 bits per heavy atom. The number of primary amides is 1. The van der Waals surface area contributed by atoms with Crippen LogP contribution < -0.4 is 83.1 Å². The number of benzene rings is 4. The topological polar surface area (TPSA) is 503 Å². The molecule has 6 amide bonds. The number of hydrogen-bond acceptors (Lipinski definition) is 14. The maximum Gasteiger partial charge on any atom is 0.433 e. The number of nitrogens with one attached hydrogen (secondary N) is 5. The number of aromatic hydroxyl groups is 1. The smallest absolute Gasteiger partial charge is 0.433 e. The molecule has 0 radical (unpaired) electrons. The summed E-state index contributed by atoms with van der Waals surface area (Å²) in [5, 5.41) is 33.4. The second-order valence-electron chi connectivity index (χ2n) is 16.1. The van der Waals surface area contributed by atoms with Crippen LogP contribution in [0, 0.1) is 0 Å². The lowest BCUT2D eigenvalue weighted by atomic mass is 10.0. The predicted octanol–water partition coefficient (Wildman–Crippen LogP) is -3.34. The summed E-state index contributed by atoms with van der Waals surface area (Å²) >= 11 is 0. The number of phenols is 1. The fraction of sp³-hybridized carbons (Fsp3) is 0.205. The third kappa shape index (κ3) is 14.9. The Morgan fingerprint density at radius 1 is 0.551 bits per heavy atom. The molecule has 0 aliphatic carbocycles. The van der Waals surface area contributed by atoms with Crippen molar-refractivity contribution in [2.75, 3.05) is 4.90 Å². The Balaban J connectivity index is 1.55. The summed E-state index contributed by atoms with van der Waals surface area (Å²) in [5.41, 5.74) is 42.8. The number of nitrogens with zero attached hydrogens (tertiary/aromatic N) is 6. The number of aromatic nitrogens is 1. The van der Waals surface area contributed by atoms with Gasteiger partial charge in [0, 0.05) is 10.9 Å². The predicted molar refractivity (Wildman–Crippen MR) is 267 cm³/mol. The van der Waals surface area contributed by atoms with Crippen LogP contribution in [0.2, 0.25) is 0 Å². The van der Waals surface area contributed by atoms with Crippen LogP contribution in [0.25, 0.3) is 21.7 Å². The fourth-order valence-electron chi connectivity index (χ4n) is 7.20. The van der Waals surface area contributed by atoms with E-state index in [9.17, 15) is 65.3 Å². The van der Waals surface area contributed by atoms with E-state index in [1.807, 2.05) is 16.0 Å². The Morgan fingerprint density at radius 2 is 1.03 bits per heavy atom. The van der Waals surface area contributed by atoms with Gasteiger partial charge in [0.2, 0.25) is 36.8 Å². The summed E-state index contributed by atoms with van der Waals surface area (Å²) in [4.78, 5) is 99.4. The van der Waals surface area contributed by atoms with Gasteiger partial charge in [-0.25, -0.2) is 25.0 Å². The summed E-state index contributed by atoms with van der Waals surface area (Å²) in [6.45, 7) is -0.906. The van der Waals surface area contributed by atoms with Gasteiger partial charge in [0.15, 0.2) is 23.8 Å². The molecule has 78 heavy (non-hydrogen) atoms. The van der Waals surface area contributed by atoms with Crippen molar-refractivity contribution in [3.05, 3.63) is 113 Å². The highest BCUT2D eigenvalue weighted by molar-refractivity contribution is 6.01. The number of carbonyl (C=O) groups is 6. The summed E-state index contributed by atoms with van der Waals surface area (Å²) in [7, 11) is 0. The standard InChI is InChI=1S/C44H48F6N20O8/c45-43(46,47)22-12-6-11-20-23(15-25(44(48,49)50)60-27(20)22)70(16-21-19-10-5-4-7-17(19)13-14-24(21)71)38(78)37(77)61-26(18-8-2-1-3-9-18)33(73)63-30(67-40(54)55)35(75)65-32(69-42(58)59)36(76)64-31(68-41(56)57)34(74)62-29(28(51)72)66-39(52)53/h1-15,26,29-32,38,71,78H,16H2,(H2,51,72)(H,61,77)(H,62,74)(H,63,73)(H,64,76)(H,65,75)(H4,52,53,66)(H4,54,55,67)(H4,56,57,68)(H4,58,59,69). The lowest BCUT2D eigenvalue weighted by Crippen LogP contribution is -2.58. The number of hydrogen-bond donors (Lipinski definition) is 16. The molecule has 5 rings (SSSR count). The number of anilines is 1. The Hall–Kier alpha value is -10.4. The number of guanidine groups is 4. The van der Waals surface area contributed by atoms with Gasteiger partial charge >= 0.3 is 12.4 Å². The molecular formula is C44H48F6N20O8. The monoisotopic (exact) mass is 1100 g/mol. The van der Waals surface area contributed by atoms with Crippen LogP contribution in [0.1, 0.15) is 28.4 Å². The Kier molecular flexibility index (Phi) is 18.2. The minimum absolute atomic E-state index is 0.138. The summed E-state index contributed by atoms with van der Waals surface area (Å²) < 4.78 is 87.0. The molecular weight excluding hydrogens is 1050 g/mol. The van der Waals surface area contributed by atoms with E-state index in [-0.39, 0.29) is 22.6 Å².